The number of ether oxygens (including phenoxy) is 1. The lowest BCUT2D eigenvalue weighted by molar-refractivity contribution is 0.244. The fourth-order valence-electron chi connectivity index (χ4n) is 4.64. The Morgan fingerprint density at radius 2 is 1.94 bits per heavy atom. The highest BCUT2D eigenvalue weighted by Gasteiger charge is 2.25. The molecule has 1 atom stereocenters. The zero-order chi connectivity index (χ0) is 21.5. The van der Waals surface area contributed by atoms with Crippen LogP contribution in [0, 0.1) is 0 Å². The average Bonchev–Trinajstić information content (AvgIpc) is 3.54. The van der Waals surface area contributed by atoms with Crippen molar-refractivity contribution in [2.45, 2.75) is 37.8 Å². The quantitative estimate of drug-likeness (QED) is 0.295. The van der Waals surface area contributed by atoms with Gasteiger partial charge in [0, 0.05) is 32.7 Å². The summed E-state index contributed by atoms with van der Waals surface area (Å²) < 4.78 is 5.47. The summed E-state index contributed by atoms with van der Waals surface area (Å²) in [7, 11) is 3.60. The van der Waals surface area contributed by atoms with E-state index in [0.717, 1.165) is 57.3 Å². The molecule has 2 N–H and O–H groups in total. The van der Waals surface area contributed by atoms with E-state index in [1.807, 2.05) is 24.5 Å². The third kappa shape index (κ3) is 6.51. The summed E-state index contributed by atoms with van der Waals surface area (Å²) in [5.41, 5.74) is 1.30. The van der Waals surface area contributed by atoms with Gasteiger partial charge in [0.25, 0.3) is 0 Å². The van der Waals surface area contributed by atoms with Crippen LogP contribution in [0.1, 0.15) is 37.3 Å². The number of anilines is 1. The van der Waals surface area contributed by atoms with Gasteiger partial charge in [0.1, 0.15) is 5.75 Å². The van der Waals surface area contributed by atoms with Crippen LogP contribution in [0.4, 0.5) is 5.00 Å². The minimum Gasteiger partial charge on any atom is -0.497 e. The average molecular weight is 570 g/mol. The summed E-state index contributed by atoms with van der Waals surface area (Å²) in [4.78, 5) is 9.59. The van der Waals surface area contributed by atoms with Crippen molar-refractivity contribution in [1.29, 1.82) is 0 Å². The summed E-state index contributed by atoms with van der Waals surface area (Å²) in [5.74, 6) is 1.82. The molecular weight excluding hydrogens is 533 g/mol. The third-order valence-electron chi connectivity index (χ3n) is 6.40. The highest BCUT2D eigenvalue weighted by atomic mass is 127. The number of likely N-dealkylation sites (tertiary alicyclic amines) is 1. The predicted molar refractivity (Wildman–Crippen MR) is 146 cm³/mol. The van der Waals surface area contributed by atoms with E-state index in [1.54, 1.807) is 7.11 Å². The van der Waals surface area contributed by atoms with Crippen LogP contribution in [0.15, 0.2) is 46.8 Å². The van der Waals surface area contributed by atoms with Gasteiger partial charge in [-0.3, -0.25) is 9.89 Å². The molecule has 2 fully saturated rings. The molecule has 1 unspecified atom stereocenters. The number of guanidine groups is 1. The first-order valence-corrected chi connectivity index (χ1v) is 12.3. The third-order valence-corrected chi connectivity index (χ3v) is 7.33. The molecule has 6 nitrogen and oxygen atoms in total. The van der Waals surface area contributed by atoms with Gasteiger partial charge >= 0.3 is 0 Å². The van der Waals surface area contributed by atoms with E-state index >= 15 is 0 Å². The van der Waals surface area contributed by atoms with E-state index in [0.29, 0.717) is 12.1 Å². The van der Waals surface area contributed by atoms with Crippen LogP contribution >= 0.6 is 35.3 Å². The number of halogens is 1. The number of hydrogen-bond donors (Lipinski definition) is 2. The molecule has 1 aromatic carbocycles. The molecule has 176 valence electrons. The molecule has 2 saturated heterocycles. The SMILES string of the molecule is CN=C(NCC(c1cccc(OC)c1)N1CCCC1)NC1CCN(c2cccs2)CC1.I. The number of methoxy groups -OCH3 is 1. The van der Waals surface area contributed by atoms with Gasteiger partial charge in [-0.15, -0.1) is 35.3 Å². The number of piperidine rings is 1. The van der Waals surface area contributed by atoms with Gasteiger partial charge in [0.2, 0.25) is 0 Å². The lowest BCUT2D eigenvalue weighted by atomic mass is 10.0. The zero-order valence-electron chi connectivity index (χ0n) is 19.1. The van der Waals surface area contributed by atoms with Crippen LogP contribution in [-0.2, 0) is 0 Å². The van der Waals surface area contributed by atoms with Gasteiger partial charge in [-0.25, -0.2) is 0 Å². The number of hydrogen-bond acceptors (Lipinski definition) is 5. The summed E-state index contributed by atoms with van der Waals surface area (Å²) in [6, 6.07) is 13.6. The van der Waals surface area contributed by atoms with Gasteiger partial charge in [-0.1, -0.05) is 12.1 Å². The first-order valence-electron chi connectivity index (χ1n) is 11.4. The second-order valence-corrected chi connectivity index (χ2v) is 9.27. The highest BCUT2D eigenvalue weighted by molar-refractivity contribution is 14.0. The van der Waals surface area contributed by atoms with Crippen LogP contribution in [0.5, 0.6) is 5.75 Å². The van der Waals surface area contributed by atoms with Crippen molar-refractivity contribution in [3.8, 4) is 5.75 Å². The monoisotopic (exact) mass is 569 g/mol. The maximum absolute atomic E-state index is 5.47. The first-order chi connectivity index (χ1) is 15.3. The maximum atomic E-state index is 5.47. The van der Waals surface area contributed by atoms with E-state index in [2.05, 4.69) is 61.1 Å². The van der Waals surface area contributed by atoms with Crippen molar-refractivity contribution in [2.75, 3.05) is 51.8 Å². The second-order valence-electron chi connectivity index (χ2n) is 8.35. The summed E-state index contributed by atoms with van der Waals surface area (Å²) in [5, 5.41) is 10.8. The molecule has 4 rings (SSSR count). The van der Waals surface area contributed by atoms with Gasteiger partial charge in [0.05, 0.1) is 18.2 Å². The lowest BCUT2D eigenvalue weighted by Gasteiger charge is -2.34. The van der Waals surface area contributed by atoms with E-state index in [9.17, 15) is 0 Å². The Bertz CT molecular complexity index is 833. The Labute approximate surface area is 213 Å². The van der Waals surface area contributed by atoms with E-state index in [-0.39, 0.29) is 24.0 Å². The van der Waals surface area contributed by atoms with Gasteiger partial charge in [-0.2, -0.15) is 0 Å². The Balaban J connectivity index is 0.00000289. The van der Waals surface area contributed by atoms with E-state index in [1.165, 1.54) is 23.4 Å². The van der Waals surface area contributed by atoms with Gasteiger partial charge in [0.15, 0.2) is 5.96 Å². The maximum Gasteiger partial charge on any atom is 0.191 e. The number of rotatable bonds is 7. The molecule has 2 aliphatic heterocycles. The van der Waals surface area contributed by atoms with Gasteiger partial charge < -0.3 is 20.3 Å². The molecule has 0 bridgehead atoms. The molecule has 0 spiro atoms. The topological polar surface area (TPSA) is 52.1 Å². The Kier molecular flexibility index (Phi) is 9.92. The van der Waals surface area contributed by atoms with E-state index in [4.69, 9.17) is 4.74 Å². The van der Waals surface area contributed by atoms with Crippen molar-refractivity contribution in [1.82, 2.24) is 15.5 Å². The Hall–Kier alpha value is -1.52. The van der Waals surface area contributed by atoms with E-state index < -0.39 is 0 Å². The lowest BCUT2D eigenvalue weighted by Crippen LogP contribution is -2.50. The number of nitrogens with zero attached hydrogens (tertiary/aromatic N) is 3. The second kappa shape index (κ2) is 12.6. The standard InChI is InChI=1S/C24H35N5OS.HI/c1-25-24(27-20-10-14-29(15-11-20)23-9-6-16-31-23)26-18-22(28-12-3-4-13-28)19-7-5-8-21(17-19)30-2;/h5-9,16-17,20,22H,3-4,10-15,18H2,1-2H3,(H2,25,26,27);1H. The number of benzene rings is 1. The molecular formula is C24H36IN5OS. The predicted octanol–water partition coefficient (Wildman–Crippen LogP) is 4.35. The van der Waals surface area contributed by atoms with Crippen molar-refractivity contribution in [3.63, 3.8) is 0 Å². The first kappa shape index (κ1) is 25.1. The molecule has 8 heteroatoms. The molecule has 32 heavy (non-hydrogen) atoms. The number of aliphatic imine (C=N–C) groups is 1. The van der Waals surface area contributed by atoms with Crippen molar-refractivity contribution in [2.24, 2.45) is 4.99 Å². The molecule has 2 aliphatic rings. The molecule has 2 aromatic rings. The molecule has 0 amide bonds. The van der Waals surface area contributed by atoms with Crippen molar-refractivity contribution in [3.05, 3.63) is 47.3 Å². The van der Waals surface area contributed by atoms with Crippen molar-refractivity contribution < 1.29 is 4.74 Å². The highest BCUT2D eigenvalue weighted by Crippen LogP contribution is 2.27. The Morgan fingerprint density at radius 3 is 2.59 bits per heavy atom. The van der Waals surface area contributed by atoms with Crippen molar-refractivity contribution >= 4 is 46.3 Å². The smallest absolute Gasteiger partial charge is 0.191 e. The summed E-state index contributed by atoms with van der Waals surface area (Å²) in [6.45, 7) is 5.32. The largest absolute Gasteiger partial charge is 0.497 e. The summed E-state index contributed by atoms with van der Waals surface area (Å²) >= 11 is 1.83. The molecule has 3 heterocycles. The van der Waals surface area contributed by atoms with Crippen LogP contribution in [0.2, 0.25) is 0 Å². The molecule has 0 radical (unpaired) electrons. The van der Waals surface area contributed by atoms with Crippen LogP contribution in [0.25, 0.3) is 0 Å². The minimum absolute atomic E-state index is 0. The van der Waals surface area contributed by atoms with Crippen LogP contribution < -0.4 is 20.3 Å². The molecule has 0 saturated carbocycles. The minimum atomic E-state index is 0. The zero-order valence-corrected chi connectivity index (χ0v) is 22.3. The fourth-order valence-corrected chi connectivity index (χ4v) is 5.42. The number of thiophene rings is 1. The number of nitrogens with one attached hydrogen (secondary N) is 2. The van der Waals surface area contributed by atoms with Crippen LogP contribution in [0.3, 0.4) is 0 Å². The summed E-state index contributed by atoms with van der Waals surface area (Å²) in [6.07, 6.45) is 4.81. The fraction of sp³-hybridized carbons (Fsp3) is 0.542. The molecule has 0 aliphatic carbocycles. The normalized spacial score (nSPS) is 18.8. The Morgan fingerprint density at radius 1 is 1.16 bits per heavy atom. The van der Waals surface area contributed by atoms with Gasteiger partial charge in [-0.05, 0) is 74.0 Å². The molecule has 1 aromatic heterocycles. The van der Waals surface area contributed by atoms with Crippen LogP contribution in [-0.4, -0.2) is 63.8 Å².